The van der Waals surface area contributed by atoms with Crippen LogP contribution in [-0.4, -0.2) is 19.0 Å². The first-order chi connectivity index (χ1) is 11.2. The molecule has 1 N–H and O–H groups in total. The zero-order valence-electron chi connectivity index (χ0n) is 13.9. The number of hydrogen-bond acceptors (Lipinski definition) is 2. The average Bonchev–Trinajstić information content (AvgIpc) is 2.57. The maximum atomic E-state index is 12.6. The number of benzene rings is 2. The summed E-state index contributed by atoms with van der Waals surface area (Å²) in [5.41, 5.74) is 5.98. The van der Waals surface area contributed by atoms with Crippen molar-refractivity contribution < 1.29 is 4.79 Å². The van der Waals surface area contributed by atoms with Crippen molar-refractivity contribution in [1.82, 2.24) is 0 Å². The summed E-state index contributed by atoms with van der Waals surface area (Å²) < 4.78 is 0. The fourth-order valence-corrected chi connectivity index (χ4v) is 3.32. The van der Waals surface area contributed by atoms with Crippen molar-refractivity contribution in [2.75, 3.05) is 23.3 Å². The zero-order valence-corrected chi connectivity index (χ0v) is 13.9. The molecule has 120 valence electrons. The van der Waals surface area contributed by atoms with E-state index in [1.54, 1.807) is 0 Å². The minimum atomic E-state index is 0.205. The minimum absolute atomic E-state index is 0.205. The van der Waals surface area contributed by atoms with E-state index in [2.05, 4.69) is 55.6 Å². The van der Waals surface area contributed by atoms with Gasteiger partial charge in [-0.3, -0.25) is 4.79 Å². The summed E-state index contributed by atoms with van der Waals surface area (Å²) >= 11 is 0. The van der Waals surface area contributed by atoms with E-state index in [4.69, 9.17) is 0 Å². The van der Waals surface area contributed by atoms with Gasteiger partial charge in [0.05, 0.1) is 0 Å². The molecule has 2 aromatic carbocycles. The first-order valence-electron chi connectivity index (χ1n) is 8.35. The lowest BCUT2D eigenvalue weighted by Crippen LogP contribution is -2.36. The highest BCUT2D eigenvalue weighted by atomic mass is 16.2. The van der Waals surface area contributed by atoms with Crippen LogP contribution in [0.1, 0.15) is 29.5 Å². The van der Waals surface area contributed by atoms with Gasteiger partial charge in [-0.05, 0) is 49.4 Å². The molecular formula is C20H24N2O. The molecule has 0 aromatic heterocycles. The first-order valence-corrected chi connectivity index (χ1v) is 8.35. The number of carbonyl (C=O) groups is 1. The van der Waals surface area contributed by atoms with Crippen molar-refractivity contribution in [2.24, 2.45) is 0 Å². The van der Waals surface area contributed by atoms with Gasteiger partial charge in [-0.2, -0.15) is 0 Å². The Bertz CT molecular complexity index is 688. The molecule has 23 heavy (non-hydrogen) atoms. The van der Waals surface area contributed by atoms with Crippen molar-refractivity contribution >= 4 is 17.3 Å². The molecule has 0 fully saturated rings. The van der Waals surface area contributed by atoms with Crippen LogP contribution in [-0.2, 0) is 11.2 Å². The van der Waals surface area contributed by atoms with Gasteiger partial charge >= 0.3 is 0 Å². The third kappa shape index (κ3) is 3.39. The monoisotopic (exact) mass is 308 g/mol. The molecule has 0 saturated carbocycles. The van der Waals surface area contributed by atoms with Gasteiger partial charge < -0.3 is 10.2 Å². The van der Waals surface area contributed by atoms with Crippen molar-refractivity contribution in [3.63, 3.8) is 0 Å². The van der Waals surface area contributed by atoms with Gasteiger partial charge in [-0.1, -0.05) is 36.4 Å². The predicted molar refractivity (Wildman–Crippen MR) is 96.1 cm³/mol. The number of amides is 1. The Kier molecular flexibility index (Phi) is 4.65. The van der Waals surface area contributed by atoms with Crippen LogP contribution in [0, 0.1) is 13.8 Å². The van der Waals surface area contributed by atoms with Gasteiger partial charge in [0.25, 0.3) is 0 Å². The smallest absolute Gasteiger partial charge is 0.228 e. The molecule has 0 unspecified atom stereocenters. The lowest BCUT2D eigenvalue weighted by molar-refractivity contribution is -0.118. The van der Waals surface area contributed by atoms with Crippen LogP contribution in [0.15, 0.2) is 42.5 Å². The lowest BCUT2D eigenvalue weighted by atomic mass is 10.0. The van der Waals surface area contributed by atoms with E-state index in [-0.39, 0.29) is 5.91 Å². The second-order valence-corrected chi connectivity index (χ2v) is 6.22. The highest BCUT2D eigenvalue weighted by molar-refractivity contribution is 5.94. The molecule has 2 aromatic rings. The molecule has 0 radical (unpaired) electrons. The Balaban J connectivity index is 1.63. The van der Waals surface area contributed by atoms with Crippen LogP contribution in [0.5, 0.6) is 0 Å². The van der Waals surface area contributed by atoms with E-state index in [1.807, 2.05) is 11.0 Å². The predicted octanol–water partition coefficient (Wildman–Crippen LogP) is 4.08. The number of fused-ring (bicyclic) bond motifs is 1. The summed E-state index contributed by atoms with van der Waals surface area (Å²) in [6.07, 6.45) is 2.63. The van der Waals surface area contributed by atoms with E-state index in [0.717, 1.165) is 30.8 Å². The number of hydrogen-bond donors (Lipinski definition) is 1. The Morgan fingerprint density at radius 1 is 1.09 bits per heavy atom. The van der Waals surface area contributed by atoms with Crippen LogP contribution < -0.4 is 10.2 Å². The Morgan fingerprint density at radius 2 is 1.83 bits per heavy atom. The summed E-state index contributed by atoms with van der Waals surface area (Å²) in [6, 6.07) is 14.5. The van der Waals surface area contributed by atoms with Gasteiger partial charge in [-0.25, -0.2) is 0 Å². The number of rotatable bonds is 4. The van der Waals surface area contributed by atoms with E-state index >= 15 is 0 Å². The summed E-state index contributed by atoms with van der Waals surface area (Å²) in [5.74, 6) is 0.205. The van der Waals surface area contributed by atoms with Crippen LogP contribution in [0.3, 0.4) is 0 Å². The van der Waals surface area contributed by atoms with Crippen LogP contribution in [0.4, 0.5) is 11.4 Å². The van der Waals surface area contributed by atoms with Gasteiger partial charge in [0, 0.05) is 30.9 Å². The summed E-state index contributed by atoms with van der Waals surface area (Å²) in [7, 11) is 0. The van der Waals surface area contributed by atoms with Gasteiger partial charge in [0.1, 0.15) is 0 Å². The van der Waals surface area contributed by atoms with E-state index in [0.29, 0.717) is 13.0 Å². The number of carbonyl (C=O) groups excluding carboxylic acids is 1. The normalized spacial score (nSPS) is 13.6. The van der Waals surface area contributed by atoms with Crippen molar-refractivity contribution in [3.05, 3.63) is 59.2 Å². The molecule has 0 spiro atoms. The SMILES string of the molecule is Cc1cccc(C)c1NCCC(=O)N1CCCc2ccccc21. The van der Waals surface area contributed by atoms with Crippen LogP contribution in [0.2, 0.25) is 0 Å². The number of anilines is 2. The molecular weight excluding hydrogens is 284 g/mol. The summed E-state index contributed by atoms with van der Waals surface area (Å²) in [5, 5.41) is 3.43. The maximum Gasteiger partial charge on any atom is 0.228 e. The van der Waals surface area contributed by atoms with Crippen LogP contribution >= 0.6 is 0 Å². The van der Waals surface area contributed by atoms with Crippen molar-refractivity contribution in [3.8, 4) is 0 Å². The summed E-state index contributed by atoms with van der Waals surface area (Å²) in [6.45, 7) is 5.69. The second kappa shape index (κ2) is 6.86. The standard InChI is InChI=1S/C20H24N2O/c1-15-7-5-8-16(2)20(15)21-13-12-19(23)22-14-6-10-17-9-3-4-11-18(17)22/h3-5,7-9,11,21H,6,10,12-14H2,1-2H3. The van der Waals surface area contributed by atoms with Crippen molar-refractivity contribution in [2.45, 2.75) is 33.1 Å². The van der Waals surface area contributed by atoms with Gasteiger partial charge in [0.2, 0.25) is 5.91 Å². The topological polar surface area (TPSA) is 32.3 Å². The maximum absolute atomic E-state index is 12.6. The quantitative estimate of drug-likeness (QED) is 0.923. The fraction of sp³-hybridized carbons (Fsp3) is 0.350. The number of aryl methyl sites for hydroxylation is 3. The van der Waals surface area contributed by atoms with E-state index in [9.17, 15) is 4.79 Å². The molecule has 0 atom stereocenters. The second-order valence-electron chi connectivity index (χ2n) is 6.22. The Hall–Kier alpha value is -2.29. The molecule has 1 aliphatic rings. The molecule has 1 amide bonds. The molecule has 0 aliphatic carbocycles. The molecule has 3 rings (SSSR count). The molecule has 0 bridgehead atoms. The molecule has 3 nitrogen and oxygen atoms in total. The van der Waals surface area contributed by atoms with E-state index < -0.39 is 0 Å². The average molecular weight is 308 g/mol. The third-order valence-electron chi connectivity index (χ3n) is 4.53. The molecule has 3 heteroatoms. The molecule has 0 saturated heterocycles. The van der Waals surface area contributed by atoms with Gasteiger partial charge in [-0.15, -0.1) is 0 Å². The lowest BCUT2D eigenvalue weighted by Gasteiger charge is -2.29. The molecule has 1 heterocycles. The number of nitrogens with one attached hydrogen (secondary N) is 1. The molecule has 1 aliphatic heterocycles. The fourth-order valence-electron chi connectivity index (χ4n) is 3.32. The van der Waals surface area contributed by atoms with Gasteiger partial charge in [0.15, 0.2) is 0 Å². The largest absolute Gasteiger partial charge is 0.384 e. The zero-order chi connectivity index (χ0) is 16.2. The Morgan fingerprint density at radius 3 is 2.61 bits per heavy atom. The number of nitrogens with zero attached hydrogens (tertiary/aromatic N) is 1. The van der Waals surface area contributed by atoms with Crippen molar-refractivity contribution in [1.29, 1.82) is 0 Å². The van der Waals surface area contributed by atoms with Crippen LogP contribution in [0.25, 0.3) is 0 Å². The third-order valence-corrected chi connectivity index (χ3v) is 4.53. The minimum Gasteiger partial charge on any atom is -0.384 e. The summed E-state index contributed by atoms with van der Waals surface area (Å²) in [4.78, 5) is 14.6. The Labute approximate surface area is 138 Å². The highest BCUT2D eigenvalue weighted by Crippen LogP contribution is 2.27. The first kappa shape index (κ1) is 15.6. The van der Waals surface area contributed by atoms with E-state index in [1.165, 1.54) is 16.7 Å². The number of para-hydroxylation sites is 2. The highest BCUT2D eigenvalue weighted by Gasteiger charge is 2.21.